The summed E-state index contributed by atoms with van der Waals surface area (Å²) in [5.74, 6) is 0.269. The second-order valence-electron chi connectivity index (χ2n) is 6.37. The Labute approximate surface area is 145 Å². The van der Waals surface area contributed by atoms with Crippen LogP contribution >= 0.6 is 0 Å². The number of hydrazone groups is 1. The molecular weight excluding hydrogens is 302 g/mol. The van der Waals surface area contributed by atoms with Crippen LogP contribution in [-0.4, -0.2) is 57.0 Å². The first kappa shape index (κ1) is 18.0. The van der Waals surface area contributed by atoms with Gasteiger partial charge in [0.05, 0.1) is 12.3 Å². The van der Waals surface area contributed by atoms with E-state index in [4.69, 9.17) is 0 Å². The summed E-state index contributed by atoms with van der Waals surface area (Å²) in [5.41, 5.74) is 4.10. The molecular formula is C18H29N5O. The molecule has 0 aliphatic carbocycles. The first-order valence-corrected chi connectivity index (χ1v) is 8.31. The number of benzene rings is 1. The molecule has 1 aromatic rings. The van der Waals surface area contributed by atoms with Crippen LogP contribution in [0.4, 0.5) is 11.4 Å². The zero-order valence-electron chi connectivity index (χ0n) is 15.4. The third-order valence-corrected chi connectivity index (χ3v) is 4.17. The zero-order chi connectivity index (χ0) is 17.7. The molecule has 1 aliphatic rings. The molecule has 0 radical (unpaired) electrons. The maximum absolute atomic E-state index is 10.4. The topological polar surface area (TPSA) is 54.3 Å². The number of hydrogen-bond acceptors (Lipinski definition) is 6. The van der Waals surface area contributed by atoms with E-state index < -0.39 is 0 Å². The molecule has 0 amide bonds. The minimum Gasteiger partial charge on any atom is -0.506 e. The summed E-state index contributed by atoms with van der Waals surface area (Å²) in [4.78, 5) is 4.24. The second kappa shape index (κ2) is 7.95. The summed E-state index contributed by atoms with van der Waals surface area (Å²) in [6.07, 6.45) is 6.03. The Bertz CT molecular complexity index is 626. The molecule has 0 saturated carbocycles. The molecule has 1 aliphatic heterocycles. The molecule has 0 fully saturated rings. The fourth-order valence-corrected chi connectivity index (χ4v) is 3.01. The van der Waals surface area contributed by atoms with E-state index >= 15 is 0 Å². The van der Waals surface area contributed by atoms with Crippen LogP contribution in [0.3, 0.4) is 0 Å². The molecule has 2 rings (SSSR count). The molecule has 6 nitrogen and oxygen atoms in total. The summed E-state index contributed by atoms with van der Waals surface area (Å²) in [6.45, 7) is 3.74. The van der Waals surface area contributed by atoms with E-state index in [-0.39, 0.29) is 5.75 Å². The SMILES string of the molecule is CN/C=C\N(C)C/C(C)=N/N(C)c1cc2c(cc1O)N(C)CCC2. The lowest BCUT2D eigenvalue weighted by molar-refractivity contribution is 0.474. The molecule has 6 heteroatoms. The van der Waals surface area contributed by atoms with Gasteiger partial charge in [-0.05, 0) is 31.4 Å². The fraction of sp³-hybridized carbons (Fsp3) is 0.500. The van der Waals surface area contributed by atoms with Crippen molar-refractivity contribution < 1.29 is 5.11 Å². The maximum atomic E-state index is 10.4. The van der Waals surface area contributed by atoms with E-state index in [1.54, 1.807) is 5.01 Å². The number of rotatable bonds is 6. The highest BCUT2D eigenvalue weighted by molar-refractivity contribution is 5.85. The van der Waals surface area contributed by atoms with Crippen molar-refractivity contribution in [1.29, 1.82) is 0 Å². The number of aromatic hydroxyl groups is 1. The van der Waals surface area contributed by atoms with Crippen LogP contribution < -0.4 is 15.2 Å². The van der Waals surface area contributed by atoms with Crippen molar-refractivity contribution in [2.75, 3.05) is 51.2 Å². The van der Waals surface area contributed by atoms with Gasteiger partial charge < -0.3 is 20.2 Å². The van der Waals surface area contributed by atoms with Gasteiger partial charge in [0.15, 0.2) is 0 Å². The molecule has 24 heavy (non-hydrogen) atoms. The van der Waals surface area contributed by atoms with E-state index in [9.17, 15) is 5.11 Å². The monoisotopic (exact) mass is 331 g/mol. The van der Waals surface area contributed by atoms with Gasteiger partial charge in [0.25, 0.3) is 0 Å². The number of nitrogens with one attached hydrogen (secondary N) is 1. The van der Waals surface area contributed by atoms with Crippen molar-refractivity contribution in [2.45, 2.75) is 19.8 Å². The molecule has 0 atom stereocenters. The van der Waals surface area contributed by atoms with Gasteiger partial charge in [0.2, 0.25) is 0 Å². The number of phenols is 1. The average Bonchev–Trinajstić information content (AvgIpc) is 2.53. The fourth-order valence-electron chi connectivity index (χ4n) is 3.01. The van der Waals surface area contributed by atoms with Crippen LogP contribution in [0.2, 0.25) is 0 Å². The van der Waals surface area contributed by atoms with E-state index in [0.29, 0.717) is 0 Å². The van der Waals surface area contributed by atoms with Crippen LogP contribution in [0.1, 0.15) is 18.9 Å². The van der Waals surface area contributed by atoms with Crippen LogP contribution in [0, 0.1) is 0 Å². The predicted octanol–water partition coefficient (Wildman–Crippen LogP) is 2.21. The van der Waals surface area contributed by atoms with Gasteiger partial charge >= 0.3 is 0 Å². The lowest BCUT2D eigenvalue weighted by atomic mass is 10.0. The highest BCUT2D eigenvalue weighted by Gasteiger charge is 2.18. The van der Waals surface area contributed by atoms with Crippen LogP contribution in [0.15, 0.2) is 29.6 Å². The molecule has 0 bridgehead atoms. The molecule has 0 saturated heterocycles. The molecule has 0 spiro atoms. The molecule has 0 unspecified atom stereocenters. The number of fused-ring (bicyclic) bond motifs is 1. The van der Waals surface area contributed by atoms with Crippen molar-refractivity contribution in [3.63, 3.8) is 0 Å². The number of nitrogens with zero attached hydrogens (tertiary/aromatic N) is 4. The summed E-state index contributed by atoms with van der Waals surface area (Å²) in [7, 11) is 7.81. The van der Waals surface area contributed by atoms with Crippen LogP contribution in [0.5, 0.6) is 5.75 Å². The number of aryl methyl sites for hydroxylation is 1. The third-order valence-electron chi connectivity index (χ3n) is 4.17. The zero-order valence-corrected chi connectivity index (χ0v) is 15.4. The van der Waals surface area contributed by atoms with E-state index in [2.05, 4.69) is 28.4 Å². The molecule has 132 valence electrons. The number of phenolic OH excluding ortho intramolecular Hbond substituents is 1. The molecule has 1 aromatic carbocycles. The Kier molecular flexibility index (Phi) is 5.95. The minimum absolute atomic E-state index is 0.269. The Hall–Kier alpha value is -2.37. The summed E-state index contributed by atoms with van der Waals surface area (Å²) < 4.78 is 0. The molecule has 2 N–H and O–H groups in total. The van der Waals surface area contributed by atoms with Crippen LogP contribution in [0.25, 0.3) is 0 Å². The highest BCUT2D eigenvalue weighted by Crippen LogP contribution is 2.37. The van der Waals surface area contributed by atoms with Gasteiger partial charge in [-0.25, -0.2) is 0 Å². The first-order chi connectivity index (χ1) is 11.4. The lowest BCUT2D eigenvalue weighted by Gasteiger charge is -2.29. The Balaban J connectivity index is 2.16. The van der Waals surface area contributed by atoms with Gasteiger partial charge in [0.1, 0.15) is 11.4 Å². The van der Waals surface area contributed by atoms with Gasteiger partial charge in [-0.1, -0.05) is 0 Å². The smallest absolute Gasteiger partial charge is 0.142 e. The van der Waals surface area contributed by atoms with Crippen molar-refractivity contribution in [3.8, 4) is 5.75 Å². The summed E-state index contributed by atoms with van der Waals surface area (Å²) in [5, 5.41) is 19.7. The first-order valence-electron chi connectivity index (χ1n) is 8.31. The van der Waals surface area contributed by atoms with Gasteiger partial charge in [-0.2, -0.15) is 5.10 Å². The summed E-state index contributed by atoms with van der Waals surface area (Å²) in [6, 6.07) is 3.91. The number of hydrogen-bond donors (Lipinski definition) is 2. The van der Waals surface area contributed by atoms with Crippen molar-refractivity contribution >= 4 is 17.1 Å². The lowest BCUT2D eigenvalue weighted by Crippen LogP contribution is -2.25. The second-order valence-corrected chi connectivity index (χ2v) is 6.37. The van der Waals surface area contributed by atoms with Crippen LogP contribution in [-0.2, 0) is 6.42 Å². The third kappa shape index (κ3) is 4.34. The van der Waals surface area contributed by atoms with E-state index in [1.165, 1.54) is 5.56 Å². The van der Waals surface area contributed by atoms with E-state index in [0.717, 1.165) is 43.0 Å². The van der Waals surface area contributed by atoms with E-state index in [1.807, 2.05) is 51.4 Å². The van der Waals surface area contributed by atoms with Gasteiger partial charge in [0, 0.05) is 58.9 Å². The molecule has 0 aromatic heterocycles. The standard InChI is InChI=1S/C18H29N5O/c1-14(13-21(3)10-8-19-2)20-23(5)17-11-15-7-6-9-22(4)16(15)12-18(17)24/h8,10-12,19,24H,6-7,9,13H2,1-5H3/b10-8-,20-14+. The predicted molar refractivity (Wildman–Crippen MR) is 102 cm³/mol. The summed E-state index contributed by atoms with van der Waals surface area (Å²) >= 11 is 0. The van der Waals surface area contributed by atoms with Crippen molar-refractivity contribution in [1.82, 2.24) is 10.2 Å². The van der Waals surface area contributed by atoms with Gasteiger partial charge in [-0.15, -0.1) is 0 Å². The van der Waals surface area contributed by atoms with Crippen molar-refractivity contribution in [3.05, 3.63) is 30.1 Å². The largest absolute Gasteiger partial charge is 0.506 e. The Morgan fingerprint density at radius 2 is 2.17 bits per heavy atom. The Morgan fingerprint density at radius 3 is 2.88 bits per heavy atom. The minimum atomic E-state index is 0.269. The Morgan fingerprint density at radius 1 is 1.42 bits per heavy atom. The highest BCUT2D eigenvalue weighted by atomic mass is 16.3. The van der Waals surface area contributed by atoms with Crippen molar-refractivity contribution in [2.24, 2.45) is 5.10 Å². The maximum Gasteiger partial charge on any atom is 0.142 e. The van der Waals surface area contributed by atoms with Gasteiger partial charge in [-0.3, -0.25) is 5.01 Å². The normalized spacial score (nSPS) is 14.7. The quantitative estimate of drug-likeness (QED) is 0.618. The number of anilines is 2. The molecule has 1 heterocycles. The average molecular weight is 331 g/mol.